The minimum absolute atomic E-state index is 0.616. The molecule has 0 radical (unpaired) electrons. The maximum atomic E-state index is 6.13. The molecule has 0 atom stereocenters. The Kier molecular flexibility index (Phi) is 4.87. The Bertz CT molecular complexity index is 1380. The molecule has 6 rings (SSSR count). The van der Waals surface area contributed by atoms with Gasteiger partial charge in [-0.05, 0) is 55.2 Å². The van der Waals surface area contributed by atoms with Gasteiger partial charge in [0.15, 0.2) is 11.6 Å². The average Bonchev–Trinajstić information content (AvgIpc) is 3.49. The minimum atomic E-state index is 0.616. The third kappa shape index (κ3) is 3.56. The normalized spacial score (nSPS) is 17.3. The van der Waals surface area contributed by atoms with E-state index in [4.69, 9.17) is 9.73 Å². The van der Waals surface area contributed by atoms with Crippen molar-refractivity contribution in [2.24, 2.45) is 4.99 Å². The van der Waals surface area contributed by atoms with Crippen molar-refractivity contribution in [2.75, 3.05) is 31.3 Å². The highest BCUT2D eigenvalue weighted by Crippen LogP contribution is 2.32. The van der Waals surface area contributed by atoms with E-state index in [1.165, 1.54) is 22.8 Å². The van der Waals surface area contributed by atoms with Crippen LogP contribution in [0.1, 0.15) is 16.8 Å². The molecule has 1 fully saturated rings. The molecule has 33 heavy (non-hydrogen) atoms. The number of ether oxygens (including phenoxy) is 1. The Morgan fingerprint density at radius 2 is 1.91 bits per heavy atom. The van der Waals surface area contributed by atoms with Crippen LogP contribution in [0.5, 0.6) is 0 Å². The van der Waals surface area contributed by atoms with Crippen LogP contribution in [-0.2, 0) is 4.74 Å². The summed E-state index contributed by atoms with van der Waals surface area (Å²) in [6.07, 6.45) is 7.91. The van der Waals surface area contributed by atoms with Crippen LogP contribution in [0.2, 0.25) is 0 Å². The number of aliphatic imine (C=N–C) groups is 1. The van der Waals surface area contributed by atoms with Gasteiger partial charge in [0.25, 0.3) is 0 Å². The summed E-state index contributed by atoms with van der Waals surface area (Å²) in [6.45, 7) is 7.09. The van der Waals surface area contributed by atoms with Crippen molar-refractivity contribution in [3.8, 4) is 5.69 Å². The van der Waals surface area contributed by atoms with Crippen molar-refractivity contribution in [2.45, 2.75) is 13.8 Å². The summed E-state index contributed by atoms with van der Waals surface area (Å²) in [5, 5.41) is 5.66. The van der Waals surface area contributed by atoms with Gasteiger partial charge in [-0.2, -0.15) is 4.37 Å². The van der Waals surface area contributed by atoms with Crippen LogP contribution in [0, 0.1) is 13.8 Å². The van der Waals surface area contributed by atoms with Gasteiger partial charge in [-0.25, -0.2) is 4.98 Å². The van der Waals surface area contributed by atoms with E-state index >= 15 is 0 Å². The Hall–Kier alpha value is -3.65. The molecule has 166 valence electrons. The van der Waals surface area contributed by atoms with Crippen molar-refractivity contribution >= 4 is 39.2 Å². The maximum Gasteiger partial charge on any atom is 0.185 e. The number of rotatable bonds is 3. The number of hydrogen-bond donors (Lipinski definition) is 0. The maximum absolute atomic E-state index is 6.13. The number of hydrogen-bond acceptors (Lipinski definition) is 7. The van der Waals surface area contributed by atoms with E-state index in [2.05, 4.69) is 73.3 Å². The van der Waals surface area contributed by atoms with Crippen LogP contribution in [0.25, 0.3) is 21.8 Å². The standard InChI is InChI=1S/C25H24N6OS/c1-17-3-6-20(7-4-17)30-10-9-26-25-23(32-12-11-31(25)30)13-19-5-8-22(24-21(19)14-28-33-24)29-15-18(2)27-16-29/h3-8,13-16H,9-12H2,1-2H3. The lowest BCUT2D eigenvalue weighted by molar-refractivity contribution is 0.160. The molecule has 0 aliphatic carbocycles. The quantitative estimate of drug-likeness (QED) is 0.451. The molecule has 2 aromatic carbocycles. The lowest BCUT2D eigenvalue weighted by Crippen LogP contribution is -2.55. The zero-order chi connectivity index (χ0) is 22.4. The second-order valence-electron chi connectivity index (χ2n) is 8.31. The topological polar surface area (TPSA) is 58.8 Å². The highest BCUT2D eigenvalue weighted by atomic mass is 32.1. The van der Waals surface area contributed by atoms with Gasteiger partial charge < -0.3 is 9.30 Å². The predicted molar refractivity (Wildman–Crippen MR) is 133 cm³/mol. The van der Waals surface area contributed by atoms with E-state index < -0.39 is 0 Å². The van der Waals surface area contributed by atoms with Gasteiger partial charge in [0.1, 0.15) is 6.61 Å². The summed E-state index contributed by atoms with van der Waals surface area (Å²) in [6, 6.07) is 12.9. The summed E-state index contributed by atoms with van der Waals surface area (Å²) in [5.74, 6) is 1.69. The first-order chi connectivity index (χ1) is 16.2. The first-order valence-corrected chi connectivity index (χ1v) is 11.8. The Labute approximate surface area is 196 Å². The van der Waals surface area contributed by atoms with Gasteiger partial charge >= 0.3 is 0 Å². The average molecular weight is 457 g/mol. The van der Waals surface area contributed by atoms with Crippen LogP contribution < -0.4 is 5.01 Å². The molecule has 8 heteroatoms. The van der Waals surface area contributed by atoms with Gasteiger partial charge in [0.2, 0.25) is 0 Å². The Balaban J connectivity index is 1.37. The molecular formula is C25H24N6OS. The zero-order valence-electron chi connectivity index (χ0n) is 18.6. The number of imidazole rings is 1. The summed E-state index contributed by atoms with van der Waals surface area (Å²) in [4.78, 5) is 9.21. The Morgan fingerprint density at radius 3 is 2.73 bits per heavy atom. The van der Waals surface area contributed by atoms with Crippen LogP contribution in [-0.4, -0.2) is 51.0 Å². The van der Waals surface area contributed by atoms with Crippen LogP contribution >= 0.6 is 11.5 Å². The molecule has 0 N–H and O–H groups in total. The van der Waals surface area contributed by atoms with Crippen molar-refractivity contribution < 1.29 is 4.74 Å². The number of nitrogens with zero attached hydrogens (tertiary/aromatic N) is 6. The first-order valence-electron chi connectivity index (χ1n) is 11.1. The highest BCUT2D eigenvalue weighted by molar-refractivity contribution is 7.13. The summed E-state index contributed by atoms with van der Waals surface area (Å²) >= 11 is 1.50. The summed E-state index contributed by atoms with van der Waals surface area (Å²) in [7, 11) is 0. The van der Waals surface area contributed by atoms with Crippen molar-refractivity contribution in [1.29, 1.82) is 0 Å². The molecule has 4 aromatic rings. The third-order valence-electron chi connectivity index (χ3n) is 6.03. The minimum Gasteiger partial charge on any atom is -0.488 e. The monoisotopic (exact) mass is 456 g/mol. The molecule has 2 aromatic heterocycles. The van der Waals surface area contributed by atoms with Gasteiger partial charge in [-0.3, -0.25) is 15.0 Å². The molecule has 0 spiro atoms. The fraction of sp³-hybridized carbons (Fsp3) is 0.240. The summed E-state index contributed by atoms with van der Waals surface area (Å²) < 4.78 is 13.8. The number of anilines is 1. The van der Waals surface area contributed by atoms with Crippen molar-refractivity contribution in [1.82, 2.24) is 18.9 Å². The summed E-state index contributed by atoms with van der Waals surface area (Å²) in [5.41, 5.74) is 5.59. The first kappa shape index (κ1) is 20.0. The van der Waals surface area contributed by atoms with E-state index in [0.29, 0.717) is 6.61 Å². The lowest BCUT2D eigenvalue weighted by Gasteiger charge is -2.43. The van der Waals surface area contributed by atoms with E-state index in [1.54, 1.807) is 0 Å². The molecule has 0 amide bonds. The SMILES string of the molecule is Cc1ccc(N2CCN=C3C(=Cc4ccc(-n5cnc(C)c5)c5sncc45)OCCN32)cc1. The number of fused-ring (bicyclic) bond motifs is 2. The fourth-order valence-corrected chi connectivity index (χ4v) is 5.18. The smallest absolute Gasteiger partial charge is 0.185 e. The van der Waals surface area contributed by atoms with Crippen molar-refractivity contribution in [3.05, 3.63) is 77.7 Å². The van der Waals surface area contributed by atoms with Crippen LogP contribution in [0.3, 0.4) is 0 Å². The molecule has 4 heterocycles. The fourth-order valence-electron chi connectivity index (χ4n) is 4.38. The third-order valence-corrected chi connectivity index (χ3v) is 6.86. The largest absolute Gasteiger partial charge is 0.488 e. The number of morpholine rings is 1. The van der Waals surface area contributed by atoms with Gasteiger partial charge in [0, 0.05) is 17.8 Å². The number of aromatic nitrogens is 3. The molecule has 1 saturated heterocycles. The Morgan fingerprint density at radius 1 is 1.03 bits per heavy atom. The zero-order valence-corrected chi connectivity index (χ0v) is 19.4. The molecule has 7 nitrogen and oxygen atoms in total. The highest BCUT2D eigenvalue weighted by Gasteiger charge is 2.31. The predicted octanol–water partition coefficient (Wildman–Crippen LogP) is 4.61. The molecule has 2 aliphatic heterocycles. The van der Waals surface area contributed by atoms with Crippen LogP contribution in [0.4, 0.5) is 5.69 Å². The molecular weight excluding hydrogens is 432 g/mol. The molecule has 0 bridgehead atoms. The second-order valence-corrected chi connectivity index (χ2v) is 9.11. The second kappa shape index (κ2) is 8.04. The number of amidine groups is 1. The number of hydrazine groups is 1. The van der Waals surface area contributed by atoms with Gasteiger partial charge in [0.05, 0.1) is 47.7 Å². The van der Waals surface area contributed by atoms with E-state index in [9.17, 15) is 0 Å². The molecule has 2 aliphatic rings. The number of aryl methyl sites for hydroxylation is 2. The number of benzene rings is 2. The lowest BCUT2D eigenvalue weighted by atomic mass is 10.1. The van der Waals surface area contributed by atoms with E-state index in [-0.39, 0.29) is 0 Å². The van der Waals surface area contributed by atoms with Gasteiger partial charge in [-0.1, -0.05) is 23.8 Å². The molecule has 0 unspecified atom stereocenters. The van der Waals surface area contributed by atoms with E-state index in [0.717, 1.165) is 58.3 Å². The van der Waals surface area contributed by atoms with Crippen LogP contribution in [0.15, 0.2) is 65.9 Å². The molecule has 0 saturated carbocycles. The van der Waals surface area contributed by atoms with E-state index in [1.807, 2.05) is 25.6 Å². The van der Waals surface area contributed by atoms with Crippen molar-refractivity contribution in [3.63, 3.8) is 0 Å². The van der Waals surface area contributed by atoms with Gasteiger partial charge in [-0.15, -0.1) is 0 Å².